The minimum Gasteiger partial charge on any atom is -0.355 e. The zero-order chi connectivity index (χ0) is 19.0. The van der Waals surface area contributed by atoms with Crippen LogP contribution in [0.1, 0.15) is 35.2 Å². The molecule has 4 N–H and O–H groups in total. The van der Waals surface area contributed by atoms with Crippen molar-refractivity contribution in [2.24, 2.45) is 5.73 Å². The summed E-state index contributed by atoms with van der Waals surface area (Å²) in [7, 11) is 0. The fraction of sp³-hybridized carbons (Fsp3) is 0.316. The number of alkyl halides is 3. The van der Waals surface area contributed by atoms with Crippen LogP contribution in [0.5, 0.6) is 0 Å². The van der Waals surface area contributed by atoms with E-state index in [1.54, 1.807) is 24.3 Å². The molecular weight excluding hydrogens is 343 g/mol. The van der Waals surface area contributed by atoms with E-state index >= 15 is 0 Å². The maximum absolute atomic E-state index is 12.8. The second-order valence-electron chi connectivity index (χ2n) is 5.85. The van der Waals surface area contributed by atoms with Crippen LogP contribution in [-0.2, 0) is 6.18 Å². The zero-order valence-corrected chi connectivity index (χ0v) is 14.3. The lowest BCUT2D eigenvalue weighted by molar-refractivity contribution is -0.137. The average molecular weight is 365 g/mol. The second kappa shape index (κ2) is 9.24. The smallest absolute Gasteiger partial charge is 0.355 e. The zero-order valence-electron chi connectivity index (χ0n) is 14.3. The molecule has 0 spiro atoms. The summed E-state index contributed by atoms with van der Waals surface area (Å²) in [5, 5.41) is 5.72. The Balaban J connectivity index is 2.08. The number of nitrogens with one attached hydrogen (secondary N) is 2. The van der Waals surface area contributed by atoms with Crippen molar-refractivity contribution in [1.82, 2.24) is 5.32 Å². The number of hydrogen-bond donors (Lipinski definition) is 3. The van der Waals surface area contributed by atoms with Crippen LogP contribution in [0.2, 0.25) is 0 Å². The molecule has 0 heterocycles. The summed E-state index contributed by atoms with van der Waals surface area (Å²) in [6.45, 7) is 1.15. The third kappa shape index (κ3) is 5.77. The highest BCUT2D eigenvalue weighted by Gasteiger charge is 2.30. The first-order chi connectivity index (χ1) is 12.4. The van der Waals surface area contributed by atoms with Gasteiger partial charge in [-0.25, -0.2) is 0 Å². The first kappa shape index (κ1) is 19.8. The largest absolute Gasteiger partial charge is 0.416 e. The van der Waals surface area contributed by atoms with E-state index < -0.39 is 11.7 Å². The first-order valence-corrected chi connectivity index (χ1v) is 8.43. The molecule has 0 aliphatic heterocycles. The van der Waals surface area contributed by atoms with Gasteiger partial charge in [-0.15, -0.1) is 0 Å². The Morgan fingerprint density at radius 2 is 1.77 bits per heavy atom. The van der Waals surface area contributed by atoms with Gasteiger partial charge in [-0.3, -0.25) is 4.79 Å². The first-order valence-electron chi connectivity index (χ1n) is 8.43. The summed E-state index contributed by atoms with van der Waals surface area (Å²) < 4.78 is 38.5. The van der Waals surface area contributed by atoms with Crippen LogP contribution in [0, 0.1) is 0 Å². The SMILES string of the molecule is NCCCCCNC(=O)c1ccccc1Nc1cccc(C(F)(F)F)c1. The number of benzene rings is 2. The molecular formula is C19H22F3N3O. The van der Waals surface area contributed by atoms with Gasteiger partial charge < -0.3 is 16.4 Å². The highest BCUT2D eigenvalue weighted by atomic mass is 19.4. The summed E-state index contributed by atoms with van der Waals surface area (Å²) in [6, 6.07) is 11.6. The topological polar surface area (TPSA) is 67.1 Å². The number of halogens is 3. The number of unbranched alkanes of at least 4 members (excludes halogenated alkanes) is 2. The Hall–Kier alpha value is -2.54. The van der Waals surface area contributed by atoms with Crippen LogP contribution in [-0.4, -0.2) is 19.0 Å². The summed E-state index contributed by atoms with van der Waals surface area (Å²) in [4.78, 5) is 12.4. The van der Waals surface area contributed by atoms with Gasteiger partial charge in [0, 0.05) is 12.2 Å². The molecule has 4 nitrogen and oxygen atoms in total. The van der Waals surface area contributed by atoms with Crippen molar-refractivity contribution < 1.29 is 18.0 Å². The van der Waals surface area contributed by atoms with Gasteiger partial charge in [0.2, 0.25) is 0 Å². The third-order valence-corrected chi connectivity index (χ3v) is 3.81. The molecule has 0 fully saturated rings. The molecule has 0 aliphatic rings. The van der Waals surface area contributed by atoms with Crippen molar-refractivity contribution in [1.29, 1.82) is 0 Å². The fourth-order valence-corrected chi connectivity index (χ4v) is 2.46. The fourth-order valence-electron chi connectivity index (χ4n) is 2.46. The molecule has 0 saturated carbocycles. The van der Waals surface area contributed by atoms with E-state index in [1.165, 1.54) is 12.1 Å². The van der Waals surface area contributed by atoms with Gasteiger partial charge in [-0.2, -0.15) is 13.2 Å². The van der Waals surface area contributed by atoms with Crippen molar-refractivity contribution in [2.45, 2.75) is 25.4 Å². The number of rotatable bonds is 8. The lowest BCUT2D eigenvalue weighted by Crippen LogP contribution is -2.25. The van der Waals surface area contributed by atoms with Gasteiger partial charge in [0.25, 0.3) is 5.91 Å². The Morgan fingerprint density at radius 3 is 2.50 bits per heavy atom. The number of hydrogen-bond acceptors (Lipinski definition) is 3. The molecule has 2 rings (SSSR count). The van der Waals surface area contributed by atoms with Crippen LogP contribution >= 0.6 is 0 Å². The molecule has 26 heavy (non-hydrogen) atoms. The normalized spacial score (nSPS) is 11.2. The van der Waals surface area contributed by atoms with Crippen LogP contribution in [0.25, 0.3) is 0 Å². The molecule has 0 aromatic heterocycles. The van der Waals surface area contributed by atoms with E-state index in [4.69, 9.17) is 5.73 Å². The summed E-state index contributed by atoms with van der Waals surface area (Å²) in [5.41, 5.74) is 5.78. The minimum absolute atomic E-state index is 0.267. The highest BCUT2D eigenvalue weighted by molar-refractivity contribution is 6.00. The molecule has 0 atom stereocenters. The molecule has 0 unspecified atom stereocenters. The molecule has 0 aliphatic carbocycles. The highest BCUT2D eigenvalue weighted by Crippen LogP contribution is 2.31. The van der Waals surface area contributed by atoms with Gasteiger partial charge in [0.1, 0.15) is 0 Å². The van der Waals surface area contributed by atoms with Gasteiger partial charge in [0.05, 0.1) is 16.8 Å². The van der Waals surface area contributed by atoms with Crippen LogP contribution in [0.4, 0.5) is 24.5 Å². The number of carbonyl (C=O) groups excluding carboxylic acids is 1. The van der Waals surface area contributed by atoms with Crippen molar-refractivity contribution in [3.63, 3.8) is 0 Å². The Morgan fingerprint density at radius 1 is 1.00 bits per heavy atom. The molecule has 0 bridgehead atoms. The Kier molecular flexibility index (Phi) is 7.03. The predicted octanol–water partition coefficient (Wildman–Crippen LogP) is 4.31. The monoisotopic (exact) mass is 365 g/mol. The third-order valence-electron chi connectivity index (χ3n) is 3.81. The van der Waals surface area contributed by atoms with E-state index in [0.717, 1.165) is 31.4 Å². The lowest BCUT2D eigenvalue weighted by atomic mass is 10.1. The van der Waals surface area contributed by atoms with Gasteiger partial charge in [0.15, 0.2) is 0 Å². The number of anilines is 2. The second-order valence-corrected chi connectivity index (χ2v) is 5.85. The number of amides is 1. The number of carbonyl (C=O) groups is 1. The predicted molar refractivity (Wildman–Crippen MR) is 96.4 cm³/mol. The summed E-state index contributed by atoms with van der Waals surface area (Å²) >= 11 is 0. The molecule has 1 amide bonds. The standard InChI is InChI=1S/C19H22F3N3O/c20-19(21,22)14-7-6-8-15(13-14)25-17-10-3-2-9-16(17)18(26)24-12-5-1-4-11-23/h2-3,6-10,13,25H,1,4-5,11-12,23H2,(H,24,26). The maximum atomic E-state index is 12.8. The van der Waals surface area contributed by atoms with E-state index in [9.17, 15) is 18.0 Å². The lowest BCUT2D eigenvalue weighted by Gasteiger charge is -2.14. The molecule has 0 radical (unpaired) electrons. The van der Waals surface area contributed by atoms with Crippen molar-refractivity contribution in [2.75, 3.05) is 18.4 Å². The van der Waals surface area contributed by atoms with Crippen molar-refractivity contribution >= 4 is 17.3 Å². The molecule has 7 heteroatoms. The van der Waals surface area contributed by atoms with E-state index in [1.807, 2.05) is 0 Å². The van der Waals surface area contributed by atoms with Gasteiger partial charge >= 0.3 is 6.18 Å². The maximum Gasteiger partial charge on any atom is 0.416 e. The van der Waals surface area contributed by atoms with Crippen molar-refractivity contribution in [3.8, 4) is 0 Å². The summed E-state index contributed by atoms with van der Waals surface area (Å²) in [6.07, 6.45) is -1.76. The molecule has 2 aromatic carbocycles. The minimum atomic E-state index is -4.42. The van der Waals surface area contributed by atoms with Crippen LogP contribution < -0.4 is 16.4 Å². The van der Waals surface area contributed by atoms with E-state index in [0.29, 0.717) is 24.3 Å². The van der Waals surface area contributed by atoms with Crippen LogP contribution in [0.3, 0.4) is 0 Å². The van der Waals surface area contributed by atoms with Crippen LogP contribution in [0.15, 0.2) is 48.5 Å². The van der Waals surface area contributed by atoms with Crippen molar-refractivity contribution in [3.05, 3.63) is 59.7 Å². The van der Waals surface area contributed by atoms with Gasteiger partial charge in [-0.05, 0) is 49.7 Å². The quantitative estimate of drug-likeness (QED) is 0.611. The molecule has 2 aromatic rings. The van der Waals surface area contributed by atoms with Gasteiger partial charge in [-0.1, -0.05) is 24.6 Å². The summed E-state index contributed by atoms with van der Waals surface area (Å²) in [5.74, 6) is -0.271. The Bertz CT molecular complexity index is 732. The number of nitrogens with two attached hydrogens (primary N) is 1. The average Bonchev–Trinajstić information content (AvgIpc) is 2.61. The van der Waals surface area contributed by atoms with E-state index in [-0.39, 0.29) is 11.6 Å². The Labute approximate surface area is 150 Å². The van der Waals surface area contributed by atoms with E-state index in [2.05, 4.69) is 10.6 Å². The number of para-hydroxylation sites is 1. The molecule has 140 valence electrons. The molecule has 0 saturated heterocycles.